The van der Waals surface area contributed by atoms with Crippen molar-refractivity contribution in [1.29, 1.82) is 0 Å². The third-order valence-corrected chi connectivity index (χ3v) is 4.93. The maximum Gasteiger partial charge on any atom is 0.254 e. The molecule has 2 aromatic rings. The zero-order chi connectivity index (χ0) is 14.1. The normalized spacial score (nSPS) is 21.6. The summed E-state index contributed by atoms with van der Waals surface area (Å²) in [5, 5.41) is 12.1. The molecule has 0 amide bonds. The second kappa shape index (κ2) is 6.38. The molecule has 1 saturated heterocycles. The molecule has 7 heteroatoms. The second-order valence-corrected chi connectivity index (χ2v) is 6.17. The van der Waals surface area contributed by atoms with E-state index in [9.17, 15) is 0 Å². The fourth-order valence-electron chi connectivity index (χ4n) is 3.68. The third kappa shape index (κ3) is 2.54. The summed E-state index contributed by atoms with van der Waals surface area (Å²) >= 11 is 0. The van der Waals surface area contributed by atoms with E-state index in [1.165, 1.54) is 25.7 Å². The molecular weight excluding hydrogens is 302 g/mol. The number of aromatic nitrogens is 4. The summed E-state index contributed by atoms with van der Waals surface area (Å²) in [6.07, 6.45) is 10.6. The Morgan fingerprint density at radius 2 is 2.00 bits per heavy atom. The lowest BCUT2D eigenvalue weighted by Gasteiger charge is -2.34. The molecule has 4 rings (SSSR count). The topological polar surface area (TPSA) is 68.8 Å². The summed E-state index contributed by atoms with van der Waals surface area (Å²) in [5.41, 5.74) is -0.279. The number of nitrogens with zero attached hydrogens (tertiary/aromatic N) is 4. The Morgan fingerprint density at radius 1 is 1.23 bits per heavy atom. The quantitative estimate of drug-likeness (QED) is 0.939. The van der Waals surface area contributed by atoms with Crippen LogP contribution in [0.1, 0.15) is 56.2 Å². The number of hydrogen-bond acceptors (Lipinski definition) is 5. The van der Waals surface area contributed by atoms with E-state index in [4.69, 9.17) is 9.51 Å². The fourth-order valence-corrected chi connectivity index (χ4v) is 3.68. The van der Waals surface area contributed by atoms with E-state index >= 15 is 0 Å². The highest BCUT2D eigenvalue weighted by molar-refractivity contribution is 5.85. The molecule has 2 aliphatic rings. The molecule has 1 aliphatic carbocycles. The Morgan fingerprint density at radius 3 is 2.68 bits per heavy atom. The molecule has 1 aliphatic heterocycles. The Bertz CT molecular complexity index is 585. The van der Waals surface area contributed by atoms with Crippen LogP contribution in [-0.2, 0) is 5.54 Å². The van der Waals surface area contributed by atoms with Gasteiger partial charge in [0, 0.05) is 18.3 Å². The number of piperidine rings is 1. The van der Waals surface area contributed by atoms with Crippen LogP contribution in [0.25, 0.3) is 0 Å². The molecule has 3 heterocycles. The monoisotopic (exact) mass is 323 g/mol. The van der Waals surface area contributed by atoms with Gasteiger partial charge in [-0.25, -0.2) is 0 Å². The molecule has 0 bridgehead atoms. The average Bonchev–Trinajstić information content (AvgIpc) is 3.27. The van der Waals surface area contributed by atoms with E-state index < -0.39 is 0 Å². The number of hydrogen-bond donors (Lipinski definition) is 1. The van der Waals surface area contributed by atoms with Crippen LogP contribution in [0.3, 0.4) is 0 Å². The first kappa shape index (κ1) is 15.5. The van der Waals surface area contributed by atoms with Gasteiger partial charge in [0.1, 0.15) is 5.54 Å². The Balaban J connectivity index is 0.00000144. The number of rotatable bonds is 3. The molecule has 0 spiro atoms. The van der Waals surface area contributed by atoms with Crippen molar-refractivity contribution in [2.75, 3.05) is 13.1 Å². The summed E-state index contributed by atoms with van der Waals surface area (Å²) in [5.74, 6) is 2.11. The van der Waals surface area contributed by atoms with Crippen molar-refractivity contribution in [2.45, 2.75) is 50.0 Å². The molecule has 22 heavy (non-hydrogen) atoms. The van der Waals surface area contributed by atoms with Gasteiger partial charge in [0.25, 0.3) is 5.89 Å². The summed E-state index contributed by atoms with van der Waals surface area (Å²) in [4.78, 5) is 4.78. The molecule has 0 unspecified atom stereocenters. The fraction of sp³-hybridized carbons (Fsp3) is 0.667. The molecule has 0 aromatic carbocycles. The van der Waals surface area contributed by atoms with Crippen molar-refractivity contribution in [2.24, 2.45) is 0 Å². The summed E-state index contributed by atoms with van der Waals surface area (Å²) in [7, 11) is 0. The second-order valence-electron chi connectivity index (χ2n) is 6.17. The number of halogens is 1. The van der Waals surface area contributed by atoms with E-state index in [-0.39, 0.29) is 17.9 Å². The van der Waals surface area contributed by atoms with Crippen molar-refractivity contribution < 1.29 is 4.52 Å². The zero-order valence-electron chi connectivity index (χ0n) is 12.6. The molecule has 0 radical (unpaired) electrons. The first-order valence-corrected chi connectivity index (χ1v) is 7.93. The van der Waals surface area contributed by atoms with Gasteiger partial charge in [-0.1, -0.05) is 18.0 Å². The first-order valence-electron chi connectivity index (χ1n) is 7.93. The highest BCUT2D eigenvalue weighted by Crippen LogP contribution is 2.37. The van der Waals surface area contributed by atoms with Crippen molar-refractivity contribution in [3.05, 3.63) is 30.2 Å². The maximum absolute atomic E-state index is 5.69. The van der Waals surface area contributed by atoms with E-state index in [2.05, 4.69) is 15.6 Å². The van der Waals surface area contributed by atoms with Gasteiger partial charge in [-0.2, -0.15) is 10.1 Å². The SMILES string of the molecule is Cl.c1cnn(C2(c3nc(C4CCCC4)no3)CCNCC2)c1. The summed E-state index contributed by atoms with van der Waals surface area (Å²) in [6, 6.07) is 1.96. The van der Waals surface area contributed by atoms with Crippen LogP contribution in [0.15, 0.2) is 23.0 Å². The molecule has 2 aromatic heterocycles. The van der Waals surface area contributed by atoms with Gasteiger partial charge in [-0.3, -0.25) is 4.68 Å². The van der Waals surface area contributed by atoms with Crippen molar-refractivity contribution >= 4 is 12.4 Å². The number of nitrogens with one attached hydrogen (secondary N) is 1. The van der Waals surface area contributed by atoms with Crippen LogP contribution in [0.2, 0.25) is 0 Å². The minimum absolute atomic E-state index is 0. The Hall–Kier alpha value is -1.40. The summed E-state index contributed by atoms with van der Waals surface area (Å²) in [6.45, 7) is 1.89. The summed E-state index contributed by atoms with van der Waals surface area (Å²) < 4.78 is 7.69. The zero-order valence-corrected chi connectivity index (χ0v) is 13.4. The van der Waals surface area contributed by atoms with Crippen LogP contribution < -0.4 is 5.32 Å². The molecule has 2 fully saturated rings. The Kier molecular flexibility index (Phi) is 4.49. The Labute approximate surface area is 136 Å². The maximum atomic E-state index is 5.69. The van der Waals surface area contributed by atoms with Gasteiger partial charge in [-0.05, 0) is 44.8 Å². The molecule has 1 saturated carbocycles. The minimum atomic E-state index is -0.279. The lowest BCUT2D eigenvalue weighted by atomic mass is 9.88. The van der Waals surface area contributed by atoms with Crippen LogP contribution in [0.4, 0.5) is 0 Å². The van der Waals surface area contributed by atoms with E-state index in [1.54, 1.807) is 0 Å². The van der Waals surface area contributed by atoms with Gasteiger partial charge >= 0.3 is 0 Å². The van der Waals surface area contributed by atoms with E-state index in [0.717, 1.165) is 37.6 Å². The van der Waals surface area contributed by atoms with Crippen LogP contribution in [0, 0.1) is 0 Å². The average molecular weight is 324 g/mol. The predicted molar refractivity (Wildman–Crippen MR) is 84.2 cm³/mol. The van der Waals surface area contributed by atoms with Gasteiger partial charge in [-0.15, -0.1) is 12.4 Å². The van der Waals surface area contributed by atoms with Crippen LogP contribution >= 0.6 is 12.4 Å². The molecule has 1 N–H and O–H groups in total. The minimum Gasteiger partial charge on any atom is -0.337 e. The van der Waals surface area contributed by atoms with Crippen molar-refractivity contribution in [1.82, 2.24) is 25.2 Å². The molecule has 120 valence electrons. The molecule has 6 nitrogen and oxygen atoms in total. The highest BCUT2D eigenvalue weighted by atomic mass is 35.5. The van der Waals surface area contributed by atoms with Gasteiger partial charge in [0.15, 0.2) is 5.82 Å². The third-order valence-electron chi connectivity index (χ3n) is 4.93. The smallest absolute Gasteiger partial charge is 0.254 e. The van der Waals surface area contributed by atoms with Gasteiger partial charge in [0.2, 0.25) is 0 Å². The first-order chi connectivity index (χ1) is 10.4. The molecular formula is C15H22ClN5O. The predicted octanol–water partition coefficient (Wildman–Crippen LogP) is 2.47. The largest absolute Gasteiger partial charge is 0.337 e. The highest BCUT2D eigenvalue weighted by Gasteiger charge is 2.42. The standard InChI is InChI=1S/C15H21N5O.ClH/c1-2-5-12(4-1)13-18-14(21-19-13)15(6-9-16-10-7-15)20-11-3-8-17-20;/h3,8,11-12,16H,1-2,4-7,9-10H2;1H. The van der Waals surface area contributed by atoms with Crippen molar-refractivity contribution in [3.8, 4) is 0 Å². The van der Waals surface area contributed by atoms with Crippen molar-refractivity contribution in [3.63, 3.8) is 0 Å². The van der Waals surface area contributed by atoms with Gasteiger partial charge < -0.3 is 9.84 Å². The van der Waals surface area contributed by atoms with Gasteiger partial charge in [0.05, 0.1) is 0 Å². The lowest BCUT2D eigenvalue weighted by Crippen LogP contribution is -2.45. The van der Waals surface area contributed by atoms with Crippen LogP contribution in [0.5, 0.6) is 0 Å². The molecule has 0 atom stereocenters. The van der Waals surface area contributed by atoms with E-state index in [1.807, 2.05) is 23.1 Å². The van der Waals surface area contributed by atoms with E-state index in [0.29, 0.717) is 5.92 Å². The van der Waals surface area contributed by atoms with Crippen LogP contribution in [-0.4, -0.2) is 33.0 Å². The lowest BCUT2D eigenvalue weighted by molar-refractivity contribution is 0.172.